The molecule has 2 unspecified atom stereocenters. The quantitative estimate of drug-likeness (QED) is 0.494. The lowest BCUT2D eigenvalue weighted by molar-refractivity contribution is -0.227. The van der Waals surface area contributed by atoms with Crippen molar-refractivity contribution in [3.05, 3.63) is 0 Å². The van der Waals surface area contributed by atoms with Crippen LogP contribution in [0.25, 0.3) is 0 Å². The maximum absolute atomic E-state index is 11.0. The zero-order valence-corrected chi connectivity index (χ0v) is 9.72. The van der Waals surface area contributed by atoms with Gasteiger partial charge in [0.25, 0.3) is 7.82 Å². The number of likely N-dealkylation sites (N-methyl/N-ethyl adjacent to an activating group) is 1. The van der Waals surface area contributed by atoms with E-state index in [2.05, 4.69) is 9.05 Å². The van der Waals surface area contributed by atoms with Crippen molar-refractivity contribution >= 4 is 7.82 Å². The Hall–Kier alpha value is -0.0100. The highest BCUT2D eigenvalue weighted by molar-refractivity contribution is 7.45. The molecular weight excluding hydrogens is 225 g/mol. The highest BCUT2D eigenvalue weighted by Crippen LogP contribution is 2.37. The third-order valence-corrected chi connectivity index (χ3v) is 2.39. The van der Waals surface area contributed by atoms with Crippen molar-refractivity contribution < 1.29 is 28.7 Å². The van der Waals surface area contributed by atoms with Gasteiger partial charge in [-0.3, -0.25) is 4.57 Å². The number of nitrogens with zero attached hydrogens (tertiary/aromatic N) is 1. The molecule has 0 amide bonds. The van der Waals surface area contributed by atoms with Crippen molar-refractivity contribution in [3.8, 4) is 0 Å². The number of aliphatic hydroxyl groups is 2. The first-order chi connectivity index (χ1) is 6.87. The van der Waals surface area contributed by atoms with E-state index in [4.69, 9.17) is 10.2 Å². The van der Waals surface area contributed by atoms with Crippen molar-refractivity contribution in [2.24, 2.45) is 0 Å². The van der Waals surface area contributed by atoms with E-state index in [1.54, 1.807) is 19.0 Å². The van der Waals surface area contributed by atoms with Gasteiger partial charge in [-0.2, -0.15) is 0 Å². The minimum Gasteiger partial charge on any atom is -0.756 e. The van der Waals surface area contributed by atoms with Crippen LogP contribution in [0.5, 0.6) is 0 Å². The Morgan fingerprint density at radius 2 is 2.07 bits per heavy atom. The number of phosphoric acid groups is 1. The molecular formula is C7H17NO6P-. The first kappa shape index (κ1) is 15.0. The molecule has 92 valence electrons. The summed E-state index contributed by atoms with van der Waals surface area (Å²) in [5.41, 5.74) is 0. The van der Waals surface area contributed by atoms with Gasteiger partial charge >= 0.3 is 0 Å². The second kappa shape index (κ2) is 7.29. The summed E-state index contributed by atoms with van der Waals surface area (Å²) < 4.78 is 19.8. The summed E-state index contributed by atoms with van der Waals surface area (Å²) in [6.07, 6.45) is -1.22. The summed E-state index contributed by atoms with van der Waals surface area (Å²) in [7, 11) is -0.817. The lowest BCUT2D eigenvalue weighted by Gasteiger charge is -2.24. The molecule has 15 heavy (non-hydrogen) atoms. The van der Waals surface area contributed by atoms with Crippen LogP contribution >= 0.6 is 7.82 Å². The largest absolute Gasteiger partial charge is 0.756 e. The lowest BCUT2D eigenvalue weighted by atomic mass is 10.4. The summed E-state index contributed by atoms with van der Waals surface area (Å²) in [6, 6.07) is 0. The molecule has 0 aromatic rings. The standard InChI is InChI=1S/C7H18NO6P/c1-8(2)3-4-13-15(11,12)14-6-7(10)5-9/h7,9-10H,3-6H2,1-2H3,(H,11,12)/p-1. The van der Waals surface area contributed by atoms with Crippen molar-refractivity contribution in [2.45, 2.75) is 6.10 Å². The van der Waals surface area contributed by atoms with Crippen molar-refractivity contribution in [3.63, 3.8) is 0 Å². The van der Waals surface area contributed by atoms with Crippen LogP contribution in [-0.4, -0.2) is 61.7 Å². The predicted molar refractivity (Wildman–Crippen MR) is 51.2 cm³/mol. The summed E-state index contributed by atoms with van der Waals surface area (Å²) in [6.45, 7) is -0.627. The van der Waals surface area contributed by atoms with Crippen molar-refractivity contribution in [1.82, 2.24) is 4.90 Å². The third-order valence-electron chi connectivity index (χ3n) is 1.42. The Morgan fingerprint density at radius 1 is 1.47 bits per heavy atom. The molecule has 0 aliphatic carbocycles. The number of hydrogen-bond donors (Lipinski definition) is 2. The Bertz CT molecular complexity index is 212. The smallest absolute Gasteiger partial charge is 0.268 e. The van der Waals surface area contributed by atoms with Crippen LogP contribution in [0.1, 0.15) is 0 Å². The normalized spacial score (nSPS) is 17.7. The Balaban J connectivity index is 3.72. The van der Waals surface area contributed by atoms with Crippen molar-refractivity contribution in [2.75, 3.05) is 40.5 Å². The molecule has 0 aromatic heterocycles. The Morgan fingerprint density at radius 3 is 2.53 bits per heavy atom. The average Bonchev–Trinajstić information content (AvgIpc) is 2.13. The fraction of sp³-hybridized carbons (Fsp3) is 1.00. The summed E-state index contributed by atoms with van der Waals surface area (Å²) in [5, 5.41) is 17.2. The van der Waals surface area contributed by atoms with E-state index in [0.717, 1.165) is 0 Å². The molecule has 8 heteroatoms. The van der Waals surface area contributed by atoms with E-state index in [0.29, 0.717) is 6.54 Å². The van der Waals surface area contributed by atoms with Gasteiger partial charge in [0.2, 0.25) is 0 Å². The van der Waals surface area contributed by atoms with E-state index in [1.165, 1.54) is 0 Å². The summed E-state index contributed by atoms with van der Waals surface area (Å²) in [5.74, 6) is 0. The Kier molecular flexibility index (Phi) is 7.29. The number of rotatable bonds is 8. The molecule has 0 bridgehead atoms. The first-order valence-electron chi connectivity index (χ1n) is 4.41. The number of phosphoric ester groups is 1. The van der Waals surface area contributed by atoms with E-state index in [1.807, 2.05) is 0 Å². The average molecular weight is 242 g/mol. The molecule has 0 aliphatic heterocycles. The van der Waals surface area contributed by atoms with Gasteiger partial charge in [-0.25, -0.2) is 0 Å². The molecule has 0 spiro atoms. The van der Waals surface area contributed by atoms with Crippen LogP contribution in [0, 0.1) is 0 Å². The van der Waals surface area contributed by atoms with Crippen LogP contribution < -0.4 is 4.89 Å². The molecule has 0 saturated carbocycles. The van der Waals surface area contributed by atoms with Crippen molar-refractivity contribution in [1.29, 1.82) is 0 Å². The molecule has 0 aliphatic rings. The van der Waals surface area contributed by atoms with Gasteiger partial charge in [-0.1, -0.05) is 0 Å². The molecule has 0 radical (unpaired) electrons. The van der Waals surface area contributed by atoms with Gasteiger partial charge in [-0.15, -0.1) is 0 Å². The highest BCUT2D eigenvalue weighted by atomic mass is 31.2. The van der Waals surface area contributed by atoms with Crippen LogP contribution in [0.4, 0.5) is 0 Å². The van der Waals surface area contributed by atoms with Gasteiger partial charge < -0.3 is 29.1 Å². The Labute approximate surface area is 88.8 Å². The number of hydrogen-bond acceptors (Lipinski definition) is 7. The van der Waals surface area contributed by atoms with Gasteiger partial charge in [-0.05, 0) is 14.1 Å². The SMILES string of the molecule is CN(C)CCOP(=O)([O-])OCC(O)CO. The maximum atomic E-state index is 11.0. The molecule has 7 nitrogen and oxygen atoms in total. The van der Waals surface area contributed by atoms with Crippen LogP contribution in [0.15, 0.2) is 0 Å². The molecule has 0 rings (SSSR count). The van der Waals surface area contributed by atoms with Gasteiger partial charge in [0.15, 0.2) is 0 Å². The van der Waals surface area contributed by atoms with E-state index in [-0.39, 0.29) is 6.61 Å². The topological polar surface area (TPSA) is 102 Å². The van der Waals surface area contributed by atoms with E-state index >= 15 is 0 Å². The lowest BCUT2D eigenvalue weighted by Crippen LogP contribution is -2.23. The molecule has 0 fully saturated rings. The molecule has 0 aromatic carbocycles. The van der Waals surface area contributed by atoms with Crippen LogP contribution in [-0.2, 0) is 13.6 Å². The zero-order valence-electron chi connectivity index (χ0n) is 8.83. The third kappa shape index (κ3) is 8.95. The molecule has 2 atom stereocenters. The van der Waals surface area contributed by atoms with E-state index < -0.39 is 27.1 Å². The fourth-order valence-corrected chi connectivity index (χ4v) is 1.34. The van der Waals surface area contributed by atoms with Gasteiger partial charge in [0.05, 0.1) is 19.8 Å². The van der Waals surface area contributed by atoms with Crippen LogP contribution in [0.3, 0.4) is 0 Å². The van der Waals surface area contributed by atoms with Gasteiger partial charge in [0, 0.05) is 6.54 Å². The summed E-state index contributed by atoms with van der Waals surface area (Å²) in [4.78, 5) is 12.8. The van der Waals surface area contributed by atoms with Crippen LogP contribution in [0.2, 0.25) is 0 Å². The minimum absolute atomic E-state index is 0.0109. The highest BCUT2D eigenvalue weighted by Gasteiger charge is 2.12. The first-order valence-corrected chi connectivity index (χ1v) is 5.87. The number of aliphatic hydroxyl groups excluding tert-OH is 2. The minimum atomic E-state index is -4.36. The fourth-order valence-electron chi connectivity index (χ4n) is 0.602. The summed E-state index contributed by atoms with van der Waals surface area (Å²) >= 11 is 0. The maximum Gasteiger partial charge on any atom is 0.268 e. The van der Waals surface area contributed by atoms with Gasteiger partial charge in [0.1, 0.15) is 6.10 Å². The second-order valence-corrected chi connectivity index (χ2v) is 4.63. The second-order valence-electron chi connectivity index (χ2n) is 3.22. The molecule has 0 saturated heterocycles. The molecule has 0 heterocycles. The zero-order chi connectivity index (χ0) is 11.9. The monoisotopic (exact) mass is 242 g/mol. The van der Waals surface area contributed by atoms with E-state index in [9.17, 15) is 9.46 Å². The predicted octanol–water partition coefficient (Wildman–Crippen LogP) is -1.60. The molecule has 2 N–H and O–H groups in total.